The van der Waals surface area contributed by atoms with Crippen LogP contribution in [0.1, 0.15) is 30.5 Å². The van der Waals surface area contributed by atoms with Crippen molar-refractivity contribution in [3.05, 3.63) is 69.8 Å². The van der Waals surface area contributed by atoms with Crippen LogP contribution in [0.2, 0.25) is 0 Å². The molecule has 25 heavy (non-hydrogen) atoms. The molecule has 0 saturated heterocycles. The van der Waals surface area contributed by atoms with Gasteiger partial charge in [0.1, 0.15) is 18.5 Å². The number of aliphatic hydroxyl groups is 1. The van der Waals surface area contributed by atoms with Gasteiger partial charge in [-0.05, 0) is 31.0 Å². The van der Waals surface area contributed by atoms with Gasteiger partial charge in [-0.2, -0.15) is 0 Å². The van der Waals surface area contributed by atoms with E-state index in [9.17, 15) is 15.2 Å². The summed E-state index contributed by atoms with van der Waals surface area (Å²) in [6, 6.07) is 14.3. The molecule has 6 heteroatoms. The maximum Gasteiger partial charge on any atom is 0.269 e. The van der Waals surface area contributed by atoms with Gasteiger partial charge in [-0.25, -0.2) is 0 Å². The fraction of sp³-hybridized carbons (Fsp3) is 0.368. The first-order valence-corrected chi connectivity index (χ1v) is 8.35. The van der Waals surface area contributed by atoms with E-state index < -0.39 is 11.0 Å². The zero-order chi connectivity index (χ0) is 18.2. The normalized spacial score (nSPS) is 13.2. The summed E-state index contributed by atoms with van der Waals surface area (Å²) in [4.78, 5) is 10.1. The zero-order valence-corrected chi connectivity index (χ0v) is 14.5. The summed E-state index contributed by atoms with van der Waals surface area (Å²) in [5.41, 5.74) is 2.42. The molecule has 0 fully saturated rings. The predicted octanol–water partition coefficient (Wildman–Crippen LogP) is 3.38. The Morgan fingerprint density at radius 2 is 1.80 bits per heavy atom. The molecule has 0 heterocycles. The lowest BCUT2D eigenvalue weighted by Crippen LogP contribution is -2.33. The third kappa shape index (κ3) is 5.85. The lowest BCUT2D eigenvalue weighted by atomic mass is 10.0. The fourth-order valence-corrected chi connectivity index (χ4v) is 2.49. The molecule has 0 radical (unpaired) electrons. The van der Waals surface area contributed by atoms with Gasteiger partial charge in [0.05, 0.1) is 4.92 Å². The molecular formula is C19H24N2O4. The Balaban J connectivity index is 1.80. The average Bonchev–Trinajstić information content (AvgIpc) is 2.62. The lowest BCUT2D eigenvalue weighted by Gasteiger charge is -2.20. The quantitative estimate of drug-likeness (QED) is 0.538. The van der Waals surface area contributed by atoms with Crippen LogP contribution in [0.5, 0.6) is 5.75 Å². The van der Waals surface area contributed by atoms with Crippen molar-refractivity contribution in [3.8, 4) is 5.75 Å². The van der Waals surface area contributed by atoms with Crippen molar-refractivity contribution in [1.29, 1.82) is 0 Å². The number of nitrogens with one attached hydrogen (secondary N) is 1. The molecule has 0 bridgehead atoms. The molecule has 2 atom stereocenters. The van der Waals surface area contributed by atoms with Crippen LogP contribution in [0.15, 0.2) is 48.5 Å². The number of ether oxygens (including phenoxy) is 1. The number of hydrogen-bond donors (Lipinski definition) is 2. The number of aryl methyl sites for hydroxylation is 1. The van der Waals surface area contributed by atoms with E-state index >= 15 is 0 Å². The summed E-state index contributed by atoms with van der Waals surface area (Å²) < 4.78 is 5.48. The van der Waals surface area contributed by atoms with Crippen LogP contribution >= 0.6 is 0 Å². The molecule has 2 rings (SSSR count). The van der Waals surface area contributed by atoms with E-state index in [1.165, 1.54) is 35.4 Å². The first-order valence-electron chi connectivity index (χ1n) is 8.35. The number of nitrogens with zero attached hydrogens (tertiary/aromatic N) is 1. The number of benzene rings is 2. The minimum atomic E-state index is -0.672. The molecule has 2 unspecified atom stereocenters. The zero-order valence-electron chi connectivity index (χ0n) is 14.5. The Labute approximate surface area is 147 Å². The van der Waals surface area contributed by atoms with Crippen LogP contribution < -0.4 is 10.1 Å². The smallest absolute Gasteiger partial charge is 0.269 e. The van der Waals surface area contributed by atoms with Crippen molar-refractivity contribution >= 4 is 5.69 Å². The molecule has 0 saturated carbocycles. The summed E-state index contributed by atoms with van der Waals surface area (Å²) in [5.74, 6) is 0.496. The van der Waals surface area contributed by atoms with Gasteiger partial charge in [0.2, 0.25) is 0 Å². The second-order valence-electron chi connectivity index (χ2n) is 6.00. The minimum absolute atomic E-state index is 0.0125. The van der Waals surface area contributed by atoms with Gasteiger partial charge < -0.3 is 15.2 Å². The van der Waals surface area contributed by atoms with Crippen molar-refractivity contribution in [1.82, 2.24) is 5.32 Å². The minimum Gasteiger partial charge on any atom is -0.491 e. The van der Waals surface area contributed by atoms with E-state index in [1.807, 2.05) is 0 Å². The Bertz CT molecular complexity index is 671. The van der Waals surface area contributed by atoms with E-state index in [-0.39, 0.29) is 18.3 Å². The number of hydrogen-bond acceptors (Lipinski definition) is 5. The third-order valence-electron chi connectivity index (χ3n) is 3.98. The van der Waals surface area contributed by atoms with Gasteiger partial charge in [-0.1, -0.05) is 36.8 Å². The van der Waals surface area contributed by atoms with Crippen LogP contribution in [-0.4, -0.2) is 29.3 Å². The Kier molecular flexibility index (Phi) is 6.91. The summed E-state index contributed by atoms with van der Waals surface area (Å²) in [6.07, 6.45) is 0.244. The first-order chi connectivity index (χ1) is 12.0. The van der Waals surface area contributed by atoms with Crippen LogP contribution in [0.3, 0.4) is 0 Å². The SMILES string of the molecule is CCC(NCC(O)COc1ccc([N+](=O)[O-])cc1)c1ccc(C)cc1. The van der Waals surface area contributed by atoms with Crippen LogP contribution in [0.25, 0.3) is 0 Å². The summed E-state index contributed by atoms with van der Waals surface area (Å²) in [7, 11) is 0. The highest BCUT2D eigenvalue weighted by molar-refractivity contribution is 5.36. The maximum atomic E-state index is 10.6. The van der Waals surface area contributed by atoms with Gasteiger partial charge in [0.25, 0.3) is 5.69 Å². The highest BCUT2D eigenvalue weighted by atomic mass is 16.6. The molecule has 0 aliphatic carbocycles. The fourth-order valence-electron chi connectivity index (χ4n) is 2.49. The first kappa shape index (κ1) is 18.9. The second-order valence-corrected chi connectivity index (χ2v) is 6.00. The van der Waals surface area contributed by atoms with E-state index in [2.05, 4.69) is 43.4 Å². The number of rotatable bonds is 9. The monoisotopic (exact) mass is 344 g/mol. The Morgan fingerprint density at radius 1 is 1.16 bits per heavy atom. The number of non-ortho nitro benzene ring substituents is 1. The van der Waals surface area contributed by atoms with Crippen molar-refractivity contribution < 1.29 is 14.8 Å². The van der Waals surface area contributed by atoms with Gasteiger partial charge >= 0.3 is 0 Å². The molecule has 0 aliphatic rings. The highest BCUT2D eigenvalue weighted by Crippen LogP contribution is 2.18. The predicted molar refractivity (Wildman–Crippen MR) is 96.8 cm³/mol. The van der Waals surface area contributed by atoms with E-state index in [0.29, 0.717) is 12.3 Å². The summed E-state index contributed by atoms with van der Waals surface area (Å²) >= 11 is 0. The number of nitro benzene ring substituents is 1. The molecule has 2 aromatic rings. The van der Waals surface area contributed by atoms with Crippen LogP contribution in [0, 0.1) is 17.0 Å². The lowest BCUT2D eigenvalue weighted by molar-refractivity contribution is -0.384. The molecule has 0 aliphatic heterocycles. The number of aliphatic hydroxyl groups excluding tert-OH is 1. The molecule has 134 valence electrons. The molecule has 0 spiro atoms. The Morgan fingerprint density at radius 3 is 2.36 bits per heavy atom. The average molecular weight is 344 g/mol. The molecule has 0 amide bonds. The third-order valence-corrected chi connectivity index (χ3v) is 3.98. The largest absolute Gasteiger partial charge is 0.491 e. The van der Waals surface area contributed by atoms with Crippen LogP contribution in [0.4, 0.5) is 5.69 Å². The molecular weight excluding hydrogens is 320 g/mol. The standard InChI is InChI=1S/C19H24N2O4/c1-3-19(15-6-4-14(2)5-7-15)20-12-17(22)13-25-18-10-8-16(9-11-18)21(23)24/h4-11,17,19-20,22H,3,12-13H2,1-2H3. The van der Waals surface area contributed by atoms with E-state index in [4.69, 9.17) is 4.74 Å². The highest BCUT2D eigenvalue weighted by Gasteiger charge is 2.12. The van der Waals surface area contributed by atoms with Crippen molar-refractivity contribution in [3.63, 3.8) is 0 Å². The van der Waals surface area contributed by atoms with Gasteiger partial charge in [0, 0.05) is 24.7 Å². The molecule has 2 N–H and O–H groups in total. The summed E-state index contributed by atoms with van der Waals surface area (Å²) in [6.45, 7) is 4.67. The summed E-state index contributed by atoms with van der Waals surface area (Å²) in [5, 5.41) is 24.0. The van der Waals surface area contributed by atoms with Crippen molar-refractivity contribution in [2.45, 2.75) is 32.4 Å². The van der Waals surface area contributed by atoms with Gasteiger partial charge in [0.15, 0.2) is 0 Å². The molecule has 6 nitrogen and oxygen atoms in total. The van der Waals surface area contributed by atoms with E-state index in [0.717, 1.165) is 6.42 Å². The van der Waals surface area contributed by atoms with E-state index in [1.54, 1.807) is 0 Å². The molecule has 2 aromatic carbocycles. The second kappa shape index (κ2) is 9.15. The van der Waals surface area contributed by atoms with Crippen LogP contribution in [-0.2, 0) is 0 Å². The van der Waals surface area contributed by atoms with Crippen molar-refractivity contribution in [2.24, 2.45) is 0 Å². The maximum absolute atomic E-state index is 10.6. The molecule has 0 aromatic heterocycles. The Hall–Kier alpha value is -2.44. The van der Waals surface area contributed by atoms with Gasteiger partial charge in [-0.3, -0.25) is 10.1 Å². The van der Waals surface area contributed by atoms with Gasteiger partial charge in [-0.15, -0.1) is 0 Å². The number of nitro groups is 1. The van der Waals surface area contributed by atoms with Crippen molar-refractivity contribution in [2.75, 3.05) is 13.2 Å². The topological polar surface area (TPSA) is 84.6 Å².